The number of carbonyl (C=O) groups is 2. The number of rotatable bonds is 5. The SMILES string of the molecule is CCC(Sc1cccc(C(=O)O)c1)C(=O)O. The molecule has 4 nitrogen and oxygen atoms in total. The van der Waals surface area contributed by atoms with Gasteiger partial charge in [0.25, 0.3) is 0 Å². The average Bonchev–Trinajstić information content (AvgIpc) is 2.25. The van der Waals surface area contributed by atoms with Crippen molar-refractivity contribution in [2.24, 2.45) is 0 Å². The highest BCUT2D eigenvalue weighted by Crippen LogP contribution is 2.26. The van der Waals surface area contributed by atoms with Crippen LogP contribution in [-0.2, 0) is 4.79 Å². The van der Waals surface area contributed by atoms with Gasteiger partial charge in [0.1, 0.15) is 5.25 Å². The van der Waals surface area contributed by atoms with Gasteiger partial charge in [0.2, 0.25) is 0 Å². The number of benzene rings is 1. The third kappa shape index (κ3) is 3.27. The van der Waals surface area contributed by atoms with E-state index in [0.717, 1.165) is 0 Å². The van der Waals surface area contributed by atoms with Gasteiger partial charge in [-0.1, -0.05) is 13.0 Å². The van der Waals surface area contributed by atoms with Gasteiger partial charge >= 0.3 is 11.9 Å². The van der Waals surface area contributed by atoms with Crippen LogP contribution in [-0.4, -0.2) is 27.4 Å². The summed E-state index contributed by atoms with van der Waals surface area (Å²) in [5, 5.41) is 17.1. The maximum atomic E-state index is 10.8. The quantitative estimate of drug-likeness (QED) is 0.773. The molecule has 1 atom stereocenters. The van der Waals surface area contributed by atoms with Crippen molar-refractivity contribution in [2.75, 3.05) is 0 Å². The Labute approximate surface area is 97.3 Å². The van der Waals surface area contributed by atoms with Crippen LogP contribution in [0.15, 0.2) is 29.2 Å². The monoisotopic (exact) mass is 240 g/mol. The van der Waals surface area contributed by atoms with Gasteiger partial charge in [-0.2, -0.15) is 0 Å². The third-order valence-electron chi connectivity index (χ3n) is 2.01. The van der Waals surface area contributed by atoms with E-state index in [4.69, 9.17) is 10.2 Å². The average molecular weight is 240 g/mol. The molecule has 0 saturated heterocycles. The van der Waals surface area contributed by atoms with Crippen LogP contribution in [0.25, 0.3) is 0 Å². The van der Waals surface area contributed by atoms with E-state index in [0.29, 0.717) is 11.3 Å². The fourth-order valence-corrected chi connectivity index (χ4v) is 2.12. The topological polar surface area (TPSA) is 74.6 Å². The summed E-state index contributed by atoms with van der Waals surface area (Å²) in [4.78, 5) is 22.2. The number of carboxylic acid groups (broad SMARTS) is 2. The summed E-state index contributed by atoms with van der Waals surface area (Å²) in [7, 11) is 0. The lowest BCUT2D eigenvalue weighted by Gasteiger charge is -2.09. The van der Waals surface area contributed by atoms with E-state index in [-0.39, 0.29) is 5.56 Å². The summed E-state index contributed by atoms with van der Waals surface area (Å²) in [5.74, 6) is -1.89. The zero-order valence-corrected chi connectivity index (χ0v) is 9.53. The second-order valence-corrected chi connectivity index (χ2v) is 4.46. The molecule has 0 aromatic heterocycles. The number of aliphatic carboxylic acids is 1. The van der Waals surface area contributed by atoms with Crippen molar-refractivity contribution in [3.8, 4) is 0 Å². The van der Waals surface area contributed by atoms with Crippen LogP contribution < -0.4 is 0 Å². The van der Waals surface area contributed by atoms with Gasteiger partial charge in [0, 0.05) is 4.90 Å². The number of hydrogen-bond acceptors (Lipinski definition) is 3. The lowest BCUT2D eigenvalue weighted by atomic mass is 10.2. The van der Waals surface area contributed by atoms with Crippen LogP contribution in [0.3, 0.4) is 0 Å². The third-order valence-corrected chi connectivity index (χ3v) is 3.35. The number of aromatic carboxylic acids is 1. The Balaban J connectivity index is 2.84. The van der Waals surface area contributed by atoms with E-state index in [1.807, 2.05) is 0 Å². The van der Waals surface area contributed by atoms with Gasteiger partial charge in [0.15, 0.2) is 0 Å². The van der Waals surface area contributed by atoms with Crippen LogP contribution in [0, 0.1) is 0 Å². The molecule has 1 unspecified atom stereocenters. The molecule has 1 aromatic rings. The van der Waals surface area contributed by atoms with E-state index >= 15 is 0 Å². The molecule has 0 aliphatic heterocycles. The Kier molecular flexibility index (Phi) is 4.37. The molecule has 0 amide bonds. The molecular weight excluding hydrogens is 228 g/mol. The maximum absolute atomic E-state index is 10.8. The summed E-state index contributed by atoms with van der Waals surface area (Å²) in [6.45, 7) is 1.78. The molecule has 2 N–H and O–H groups in total. The fraction of sp³-hybridized carbons (Fsp3) is 0.273. The van der Waals surface area contributed by atoms with Crippen molar-refractivity contribution in [2.45, 2.75) is 23.5 Å². The zero-order chi connectivity index (χ0) is 12.1. The van der Waals surface area contributed by atoms with E-state index in [2.05, 4.69) is 0 Å². The van der Waals surface area contributed by atoms with Gasteiger partial charge in [-0.3, -0.25) is 4.79 Å². The minimum atomic E-state index is -1.01. The second kappa shape index (κ2) is 5.55. The standard InChI is InChI=1S/C11H12O4S/c1-2-9(11(14)15)16-8-5-3-4-7(6-8)10(12)13/h3-6,9H,2H2,1H3,(H,12,13)(H,14,15). The molecule has 16 heavy (non-hydrogen) atoms. The molecule has 86 valence electrons. The summed E-state index contributed by atoms with van der Waals surface area (Å²) >= 11 is 1.17. The van der Waals surface area contributed by atoms with Crippen LogP contribution in [0.2, 0.25) is 0 Å². The van der Waals surface area contributed by atoms with Crippen LogP contribution >= 0.6 is 11.8 Å². The first kappa shape index (κ1) is 12.6. The first-order valence-corrected chi connectivity index (χ1v) is 5.65. The lowest BCUT2D eigenvalue weighted by Crippen LogP contribution is -2.14. The molecule has 0 spiro atoms. The first-order valence-electron chi connectivity index (χ1n) is 4.77. The molecule has 0 saturated carbocycles. The molecule has 1 aromatic carbocycles. The van der Waals surface area contributed by atoms with Gasteiger partial charge in [-0.15, -0.1) is 11.8 Å². The highest BCUT2D eigenvalue weighted by atomic mass is 32.2. The predicted molar refractivity (Wildman–Crippen MR) is 61.0 cm³/mol. The molecule has 0 heterocycles. The first-order chi connectivity index (χ1) is 7.54. The molecular formula is C11H12O4S. The molecule has 0 fully saturated rings. The molecule has 0 bridgehead atoms. The summed E-state index contributed by atoms with van der Waals surface area (Å²) in [6, 6.07) is 6.29. The highest BCUT2D eigenvalue weighted by Gasteiger charge is 2.16. The fourth-order valence-electron chi connectivity index (χ4n) is 1.18. The number of hydrogen-bond donors (Lipinski definition) is 2. The normalized spacial score (nSPS) is 12.1. The smallest absolute Gasteiger partial charge is 0.335 e. The summed E-state index contributed by atoms with van der Waals surface area (Å²) in [6.07, 6.45) is 0.497. The Morgan fingerprint density at radius 3 is 2.56 bits per heavy atom. The van der Waals surface area contributed by atoms with Crippen molar-refractivity contribution >= 4 is 23.7 Å². The van der Waals surface area contributed by atoms with Crippen LogP contribution in [0.1, 0.15) is 23.7 Å². The Morgan fingerprint density at radius 2 is 2.06 bits per heavy atom. The van der Waals surface area contributed by atoms with Crippen molar-refractivity contribution in [3.63, 3.8) is 0 Å². The number of thioether (sulfide) groups is 1. The molecule has 0 aliphatic rings. The predicted octanol–water partition coefficient (Wildman–Crippen LogP) is 2.34. The largest absolute Gasteiger partial charge is 0.480 e. The van der Waals surface area contributed by atoms with E-state index < -0.39 is 17.2 Å². The Hall–Kier alpha value is -1.49. The van der Waals surface area contributed by atoms with Gasteiger partial charge in [-0.05, 0) is 24.6 Å². The second-order valence-electron chi connectivity index (χ2n) is 3.19. The van der Waals surface area contributed by atoms with E-state index in [9.17, 15) is 9.59 Å². The Bertz CT molecular complexity index is 403. The van der Waals surface area contributed by atoms with Crippen molar-refractivity contribution in [1.29, 1.82) is 0 Å². The minimum absolute atomic E-state index is 0.172. The van der Waals surface area contributed by atoms with Crippen molar-refractivity contribution < 1.29 is 19.8 Å². The number of carboxylic acids is 2. The van der Waals surface area contributed by atoms with Gasteiger partial charge in [0.05, 0.1) is 5.56 Å². The summed E-state index contributed by atoms with van der Waals surface area (Å²) < 4.78 is 0. The lowest BCUT2D eigenvalue weighted by molar-refractivity contribution is -0.136. The molecule has 0 radical (unpaired) electrons. The van der Waals surface area contributed by atoms with E-state index in [1.54, 1.807) is 19.1 Å². The molecule has 5 heteroatoms. The molecule has 0 aliphatic carbocycles. The zero-order valence-electron chi connectivity index (χ0n) is 8.71. The van der Waals surface area contributed by atoms with Crippen LogP contribution in [0.5, 0.6) is 0 Å². The summed E-state index contributed by atoms with van der Waals surface area (Å²) in [5.41, 5.74) is 0.172. The van der Waals surface area contributed by atoms with Crippen LogP contribution in [0.4, 0.5) is 0 Å². The van der Waals surface area contributed by atoms with Crippen molar-refractivity contribution in [1.82, 2.24) is 0 Å². The molecule has 1 rings (SSSR count). The minimum Gasteiger partial charge on any atom is -0.480 e. The van der Waals surface area contributed by atoms with Gasteiger partial charge < -0.3 is 10.2 Å². The Morgan fingerprint density at radius 1 is 1.38 bits per heavy atom. The van der Waals surface area contributed by atoms with Crippen molar-refractivity contribution in [3.05, 3.63) is 29.8 Å². The van der Waals surface area contributed by atoms with E-state index in [1.165, 1.54) is 23.9 Å². The van der Waals surface area contributed by atoms with Gasteiger partial charge in [-0.25, -0.2) is 4.79 Å². The maximum Gasteiger partial charge on any atom is 0.335 e. The highest BCUT2D eigenvalue weighted by molar-refractivity contribution is 8.00.